The number of nitrogens with one attached hydrogen (secondary N) is 1. The smallest absolute Gasteiger partial charge is 0.407 e. The largest absolute Gasteiger partial charge is 0.490 e. The second-order valence-electron chi connectivity index (χ2n) is 11.3. The summed E-state index contributed by atoms with van der Waals surface area (Å²) in [5, 5.41) is 2.89. The molecule has 0 atom stereocenters. The van der Waals surface area contributed by atoms with E-state index < -0.39 is 5.60 Å². The minimum absolute atomic E-state index is 0.0741. The fourth-order valence-corrected chi connectivity index (χ4v) is 4.31. The highest BCUT2D eigenvalue weighted by Gasteiger charge is 2.33. The molecule has 3 aromatic rings. The molecule has 1 saturated carbocycles. The second-order valence-corrected chi connectivity index (χ2v) is 11.3. The zero-order valence-corrected chi connectivity index (χ0v) is 23.5. The molecule has 1 aliphatic carbocycles. The van der Waals surface area contributed by atoms with Gasteiger partial charge in [-0.15, -0.1) is 0 Å². The fraction of sp³-hybridized carbons (Fsp3) is 0.419. The Morgan fingerprint density at radius 1 is 0.846 bits per heavy atom. The molecule has 0 saturated heterocycles. The van der Waals surface area contributed by atoms with E-state index >= 15 is 0 Å². The van der Waals surface area contributed by atoms with E-state index in [0.717, 1.165) is 29.7 Å². The van der Waals surface area contributed by atoms with E-state index in [-0.39, 0.29) is 35.3 Å². The van der Waals surface area contributed by atoms with Crippen LogP contribution in [-0.2, 0) is 10.2 Å². The van der Waals surface area contributed by atoms with Gasteiger partial charge in [-0.05, 0) is 56.2 Å². The van der Waals surface area contributed by atoms with Crippen molar-refractivity contribution in [2.24, 2.45) is 0 Å². The molecule has 0 spiro atoms. The van der Waals surface area contributed by atoms with Crippen LogP contribution in [0.1, 0.15) is 82.6 Å². The van der Waals surface area contributed by atoms with E-state index in [1.165, 1.54) is 12.4 Å². The molecule has 1 fully saturated rings. The lowest BCUT2D eigenvalue weighted by Gasteiger charge is -2.36. The summed E-state index contributed by atoms with van der Waals surface area (Å²) in [7, 11) is 0. The molecule has 4 rings (SSSR count). The molecule has 1 aliphatic rings. The van der Waals surface area contributed by atoms with Crippen molar-refractivity contribution >= 4 is 11.9 Å². The number of Topliss-reactive ketones (excluding diaryl/α,β-unsaturated/α-hetero) is 1. The van der Waals surface area contributed by atoms with Gasteiger partial charge in [0.1, 0.15) is 23.2 Å². The maximum atomic E-state index is 11.9. The molecule has 0 aliphatic heterocycles. The standard InChI is InChI=1S/C31H37N3O5/c1-7-27(35)28-32-18-26(19-33-28)38-24-14-10-21(11-15-24)31(5,6)20-8-12-23(13-9-20)37-25-16-22(17-25)34-29(36)39-30(2,3)4/h8-15,18-19,22,25H,7,16-17H2,1-6H3,(H,34,36). The highest BCUT2D eigenvalue weighted by atomic mass is 16.6. The maximum absolute atomic E-state index is 11.9. The lowest BCUT2D eigenvalue weighted by molar-refractivity contribution is 0.0362. The molecule has 1 heterocycles. The Balaban J connectivity index is 1.30. The second kappa shape index (κ2) is 11.4. The van der Waals surface area contributed by atoms with Gasteiger partial charge in [-0.1, -0.05) is 45.0 Å². The van der Waals surface area contributed by atoms with Crippen molar-refractivity contribution in [2.45, 2.75) is 84.0 Å². The molecule has 8 nitrogen and oxygen atoms in total. The van der Waals surface area contributed by atoms with E-state index in [1.807, 2.05) is 57.2 Å². The average molecular weight is 532 g/mol. The third kappa shape index (κ3) is 7.34. The minimum atomic E-state index is -0.505. The van der Waals surface area contributed by atoms with Crippen LogP contribution in [0.2, 0.25) is 0 Å². The Bertz CT molecular complexity index is 1270. The summed E-state index contributed by atoms with van der Waals surface area (Å²) in [5.74, 6) is 2.05. The lowest BCUT2D eigenvalue weighted by Crippen LogP contribution is -2.50. The van der Waals surface area contributed by atoms with Gasteiger partial charge < -0.3 is 19.5 Å². The molecule has 39 heavy (non-hydrogen) atoms. The molecule has 0 bridgehead atoms. The first-order valence-corrected chi connectivity index (χ1v) is 13.3. The SMILES string of the molecule is CCC(=O)c1ncc(Oc2ccc(C(C)(C)c3ccc(OC4CC(NC(=O)OC(C)(C)C)C4)cc3)cc2)cn1. The fourth-order valence-electron chi connectivity index (χ4n) is 4.31. The summed E-state index contributed by atoms with van der Waals surface area (Å²) in [6, 6.07) is 16.2. The number of hydrogen-bond acceptors (Lipinski definition) is 7. The Labute approximate surface area is 230 Å². The van der Waals surface area contributed by atoms with Crippen LogP contribution in [0, 0.1) is 0 Å². The topological polar surface area (TPSA) is 99.6 Å². The molecular weight excluding hydrogens is 494 g/mol. The number of ether oxygens (including phenoxy) is 3. The Kier molecular flexibility index (Phi) is 8.23. The third-order valence-electron chi connectivity index (χ3n) is 6.70. The van der Waals surface area contributed by atoms with Crippen LogP contribution >= 0.6 is 0 Å². The number of nitrogens with zero attached hydrogens (tertiary/aromatic N) is 2. The summed E-state index contributed by atoms with van der Waals surface area (Å²) in [4.78, 5) is 31.8. The van der Waals surface area contributed by atoms with Gasteiger partial charge in [0.05, 0.1) is 12.4 Å². The lowest BCUT2D eigenvalue weighted by atomic mass is 9.78. The van der Waals surface area contributed by atoms with Crippen LogP contribution in [0.5, 0.6) is 17.2 Å². The number of hydrogen-bond donors (Lipinski definition) is 1. The number of benzene rings is 2. The van der Waals surface area contributed by atoms with Gasteiger partial charge >= 0.3 is 6.09 Å². The molecule has 206 valence electrons. The zero-order chi connectivity index (χ0) is 28.2. The van der Waals surface area contributed by atoms with Gasteiger partial charge in [-0.25, -0.2) is 14.8 Å². The van der Waals surface area contributed by atoms with Crippen LogP contribution in [0.15, 0.2) is 60.9 Å². The number of aromatic nitrogens is 2. The van der Waals surface area contributed by atoms with Gasteiger partial charge in [-0.3, -0.25) is 4.79 Å². The van der Waals surface area contributed by atoms with Crippen molar-refractivity contribution in [1.29, 1.82) is 0 Å². The number of carbonyl (C=O) groups excluding carboxylic acids is 2. The monoisotopic (exact) mass is 531 g/mol. The summed E-state index contributed by atoms with van der Waals surface area (Å²) >= 11 is 0. The van der Waals surface area contributed by atoms with E-state index in [1.54, 1.807) is 6.92 Å². The molecule has 1 aromatic heterocycles. The van der Waals surface area contributed by atoms with Crippen molar-refractivity contribution in [3.8, 4) is 17.2 Å². The molecular formula is C31H37N3O5. The Morgan fingerprint density at radius 2 is 1.38 bits per heavy atom. The van der Waals surface area contributed by atoms with Crippen LogP contribution in [0.3, 0.4) is 0 Å². The predicted octanol–water partition coefficient (Wildman–Crippen LogP) is 6.62. The third-order valence-corrected chi connectivity index (χ3v) is 6.70. The number of ketones is 1. The Morgan fingerprint density at radius 3 is 1.90 bits per heavy atom. The number of amides is 1. The highest BCUT2D eigenvalue weighted by Crippen LogP contribution is 2.35. The predicted molar refractivity (Wildman–Crippen MR) is 149 cm³/mol. The quantitative estimate of drug-likeness (QED) is 0.310. The first kappa shape index (κ1) is 28.1. The van der Waals surface area contributed by atoms with Crippen molar-refractivity contribution in [3.63, 3.8) is 0 Å². The van der Waals surface area contributed by atoms with Crippen molar-refractivity contribution in [2.75, 3.05) is 0 Å². The number of rotatable bonds is 9. The number of carbonyl (C=O) groups is 2. The first-order valence-electron chi connectivity index (χ1n) is 13.3. The molecule has 8 heteroatoms. The highest BCUT2D eigenvalue weighted by molar-refractivity contribution is 5.92. The van der Waals surface area contributed by atoms with Gasteiger partial charge in [0.25, 0.3) is 0 Å². The Hall–Kier alpha value is -3.94. The van der Waals surface area contributed by atoms with E-state index in [4.69, 9.17) is 14.2 Å². The van der Waals surface area contributed by atoms with E-state index in [2.05, 4.69) is 41.3 Å². The van der Waals surface area contributed by atoms with Crippen LogP contribution in [0.25, 0.3) is 0 Å². The maximum Gasteiger partial charge on any atom is 0.407 e. The van der Waals surface area contributed by atoms with Crippen molar-refractivity contribution in [3.05, 3.63) is 77.9 Å². The van der Waals surface area contributed by atoms with Crippen molar-refractivity contribution < 1.29 is 23.8 Å². The van der Waals surface area contributed by atoms with Gasteiger partial charge in [0, 0.05) is 30.7 Å². The molecule has 1 N–H and O–H groups in total. The van der Waals surface area contributed by atoms with Crippen LogP contribution in [-0.4, -0.2) is 39.6 Å². The molecule has 0 unspecified atom stereocenters. The summed E-state index contributed by atoms with van der Waals surface area (Å²) < 4.78 is 17.3. The normalized spacial score (nSPS) is 17.1. The van der Waals surface area contributed by atoms with E-state index in [0.29, 0.717) is 17.9 Å². The first-order chi connectivity index (χ1) is 18.4. The molecule has 0 radical (unpaired) electrons. The average Bonchev–Trinajstić information content (AvgIpc) is 2.87. The molecule has 2 aromatic carbocycles. The van der Waals surface area contributed by atoms with E-state index in [9.17, 15) is 9.59 Å². The summed E-state index contributed by atoms with van der Waals surface area (Å²) in [6.45, 7) is 11.7. The zero-order valence-electron chi connectivity index (χ0n) is 23.5. The summed E-state index contributed by atoms with van der Waals surface area (Å²) in [6.07, 6.45) is 4.60. The number of alkyl carbamates (subject to hydrolysis) is 1. The van der Waals surface area contributed by atoms with Crippen LogP contribution in [0.4, 0.5) is 4.79 Å². The minimum Gasteiger partial charge on any atom is -0.490 e. The molecule has 1 amide bonds. The summed E-state index contributed by atoms with van der Waals surface area (Å²) in [5.41, 5.74) is 1.56. The van der Waals surface area contributed by atoms with Gasteiger partial charge in [-0.2, -0.15) is 0 Å². The van der Waals surface area contributed by atoms with Gasteiger partial charge in [0.2, 0.25) is 0 Å². The van der Waals surface area contributed by atoms with Crippen LogP contribution < -0.4 is 14.8 Å². The van der Waals surface area contributed by atoms with Crippen molar-refractivity contribution in [1.82, 2.24) is 15.3 Å². The van der Waals surface area contributed by atoms with Gasteiger partial charge in [0.15, 0.2) is 17.4 Å².